The first-order chi connectivity index (χ1) is 11.1. The van der Waals surface area contributed by atoms with E-state index < -0.39 is 15.4 Å². The van der Waals surface area contributed by atoms with Gasteiger partial charge in [-0.25, -0.2) is 17.8 Å². The molecule has 2 rings (SSSR count). The lowest BCUT2D eigenvalue weighted by Gasteiger charge is -2.19. The number of nitrogens with one attached hydrogen (secondary N) is 1. The van der Waals surface area contributed by atoms with Crippen LogP contribution in [0, 0.1) is 0 Å². The maximum Gasteiger partial charge on any atom is 0.244 e. The standard InChI is InChI=1S/C17H25N3O3S/c1-13(12-23-5)19-24(21,22)15-11-20(14-9-7-6-8-10-14)18-16(15)17(2,3)4/h6-11,13,19H,12H2,1-5H3. The van der Waals surface area contributed by atoms with Crippen molar-refractivity contribution in [2.24, 2.45) is 0 Å². The van der Waals surface area contributed by atoms with E-state index in [0.717, 1.165) is 5.69 Å². The van der Waals surface area contributed by atoms with Gasteiger partial charge in [-0.3, -0.25) is 0 Å². The van der Waals surface area contributed by atoms with Gasteiger partial charge >= 0.3 is 0 Å². The van der Waals surface area contributed by atoms with E-state index in [1.54, 1.807) is 24.9 Å². The molecule has 0 aliphatic heterocycles. The molecule has 6 nitrogen and oxygen atoms in total. The van der Waals surface area contributed by atoms with E-state index in [2.05, 4.69) is 9.82 Å². The lowest BCUT2D eigenvalue weighted by Crippen LogP contribution is -2.36. The van der Waals surface area contributed by atoms with E-state index in [0.29, 0.717) is 12.3 Å². The second-order valence-corrected chi connectivity index (χ2v) is 8.53. The van der Waals surface area contributed by atoms with Crippen molar-refractivity contribution in [3.63, 3.8) is 0 Å². The number of methoxy groups -OCH3 is 1. The van der Waals surface area contributed by atoms with Gasteiger partial charge in [-0.2, -0.15) is 5.10 Å². The second kappa shape index (κ2) is 7.04. The van der Waals surface area contributed by atoms with Crippen molar-refractivity contribution in [1.82, 2.24) is 14.5 Å². The van der Waals surface area contributed by atoms with E-state index in [9.17, 15) is 8.42 Å². The summed E-state index contributed by atoms with van der Waals surface area (Å²) in [5, 5.41) is 4.54. The first kappa shape index (κ1) is 18.6. The summed E-state index contributed by atoms with van der Waals surface area (Å²) >= 11 is 0. The Balaban J connectivity index is 2.50. The third-order valence-corrected chi connectivity index (χ3v) is 5.06. The summed E-state index contributed by atoms with van der Waals surface area (Å²) in [5.41, 5.74) is 0.937. The number of hydrogen-bond donors (Lipinski definition) is 1. The molecular weight excluding hydrogens is 326 g/mol. The maximum absolute atomic E-state index is 12.8. The first-order valence-corrected chi connectivity index (χ1v) is 9.30. The molecule has 1 atom stereocenters. The summed E-state index contributed by atoms with van der Waals surface area (Å²) in [6.45, 7) is 7.91. The van der Waals surface area contributed by atoms with Gasteiger partial charge in [-0.05, 0) is 19.1 Å². The molecule has 0 saturated carbocycles. The van der Waals surface area contributed by atoms with Crippen molar-refractivity contribution in [2.75, 3.05) is 13.7 Å². The van der Waals surface area contributed by atoms with Crippen molar-refractivity contribution in [1.29, 1.82) is 0 Å². The fraction of sp³-hybridized carbons (Fsp3) is 0.471. The minimum absolute atomic E-state index is 0.196. The molecule has 0 aliphatic rings. The predicted molar refractivity (Wildman–Crippen MR) is 93.9 cm³/mol. The monoisotopic (exact) mass is 351 g/mol. The van der Waals surface area contributed by atoms with Gasteiger partial charge in [0, 0.05) is 18.6 Å². The Labute approximate surface area is 143 Å². The Hall–Kier alpha value is -1.70. The van der Waals surface area contributed by atoms with Crippen LogP contribution in [-0.2, 0) is 20.2 Å². The summed E-state index contributed by atoms with van der Waals surface area (Å²) in [4.78, 5) is 0.196. The van der Waals surface area contributed by atoms with Crippen molar-refractivity contribution in [3.8, 4) is 5.69 Å². The summed E-state index contributed by atoms with van der Waals surface area (Å²) in [6, 6.07) is 9.13. The van der Waals surface area contributed by atoms with Gasteiger partial charge in [0.2, 0.25) is 10.0 Å². The van der Waals surface area contributed by atoms with Crippen LogP contribution < -0.4 is 4.72 Å². The fourth-order valence-electron chi connectivity index (χ4n) is 2.40. The molecule has 0 radical (unpaired) electrons. The average molecular weight is 351 g/mol. The van der Waals surface area contributed by atoms with E-state index in [4.69, 9.17) is 4.74 Å². The first-order valence-electron chi connectivity index (χ1n) is 7.82. The number of nitrogens with zero attached hydrogens (tertiary/aromatic N) is 2. The lowest BCUT2D eigenvalue weighted by molar-refractivity contribution is 0.180. The van der Waals surface area contributed by atoms with Crippen LogP contribution in [0.25, 0.3) is 5.69 Å². The Bertz CT molecular complexity index is 777. The molecule has 0 bridgehead atoms. The number of aromatic nitrogens is 2. The molecule has 7 heteroatoms. The number of ether oxygens (including phenoxy) is 1. The number of hydrogen-bond acceptors (Lipinski definition) is 4. The Morgan fingerprint density at radius 2 is 1.88 bits per heavy atom. The minimum Gasteiger partial charge on any atom is -0.383 e. The molecular formula is C17H25N3O3S. The van der Waals surface area contributed by atoms with Crippen molar-refractivity contribution in [2.45, 2.75) is 44.0 Å². The fourth-order valence-corrected chi connectivity index (χ4v) is 3.96. The normalized spacial score (nSPS) is 13.9. The highest BCUT2D eigenvalue weighted by molar-refractivity contribution is 7.89. The van der Waals surface area contributed by atoms with Gasteiger partial charge in [0.05, 0.1) is 24.2 Å². The number of rotatable bonds is 6. The molecule has 0 spiro atoms. The summed E-state index contributed by atoms with van der Waals surface area (Å²) in [5.74, 6) is 0. The van der Waals surface area contributed by atoms with Crippen LogP contribution in [0.5, 0.6) is 0 Å². The van der Waals surface area contributed by atoms with Crippen LogP contribution in [0.2, 0.25) is 0 Å². The van der Waals surface area contributed by atoms with Crippen molar-refractivity contribution in [3.05, 3.63) is 42.2 Å². The summed E-state index contributed by atoms with van der Waals surface area (Å²) in [6.07, 6.45) is 1.57. The molecule has 0 fully saturated rings. The Kier molecular flexibility index (Phi) is 5.47. The minimum atomic E-state index is -3.70. The SMILES string of the molecule is COCC(C)NS(=O)(=O)c1cn(-c2ccccc2)nc1C(C)(C)C. The van der Waals surface area contributed by atoms with Crippen LogP contribution in [0.15, 0.2) is 41.4 Å². The van der Waals surface area contributed by atoms with Crippen molar-refractivity contribution >= 4 is 10.0 Å². The van der Waals surface area contributed by atoms with Gasteiger partial charge in [0.15, 0.2) is 0 Å². The van der Waals surface area contributed by atoms with Crippen molar-refractivity contribution < 1.29 is 13.2 Å². The van der Waals surface area contributed by atoms with Crippen LogP contribution in [0.3, 0.4) is 0 Å². The molecule has 1 N–H and O–H groups in total. The van der Waals surface area contributed by atoms with E-state index in [-0.39, 0.29) is 10.9 Å². The number of sulfonamides is 1. The maximum atomic E-state index is 12.8. The molecule has 132 valence electrons. The molecule has 0 aliphatic carbocycles. The number of para-hydroxylation sites is 1. The van der Waals surface area contributed by atoms with Crippen LogP contribution in [-0.4, -0.2) is 38.0 Å². The quantitative estimate of drug-likeness (QED) is 0.868. The third-order valence-electron chi connectivity index (χ3n) is 3.47. The average Bonchev–Trinajstić information content (AvgIpc) is 2.94. The summed E-state index contributed by atoms with van der Waals surface area (Å²) < 4.78 is 34.9. The second-order valence-electron chi connectivity index (χ2n) is 6.85. The van der Waals surface area contributed by atoms with Gasteiger partial charge in [0.25, 0.3) is 0 Å². The molecule has 0 saturated heterocycles. The molecule has 1 heterocycles. The van der Waals surface area contributed by atoms with Crippen LogP contribution in [0.1, 0.15) is 33.4 Å². The van der Waals surface area contributed by atoms with Gasteiger partial charge in [-0.15, -0.1) is 0 Å². The topological polar surface area (TPSA) is 73.2 Å². The van der Waals surface area contributed by atoms with E-state index >= 15 is 0 Å². The molecule has 1 aromatic heterocycles. The predicted octanol–water partition coefficient (Wildman–Crippen LogP) is 2.48. The van der Waals surface area contributed by atoms with Crippen LogP contribution >= 0.6 is 0 Å². The van der Waals surface area contributed by atoms with Crippen LogP contribution in [0.4, 0.5) is 0 Å². The number of benzene rings is 1. The summed E-state index contributed by atoms with van der Waals surface area (Å²) in [7, 11) is -2.16. The van der Waals surface area contributed by atoms with E-state index in [1.165, 1.54) is 0 Å². The highest BCUT2D eigenvalue weighted by atomic mass is 32.2. The Morgan fingerprint density at radius 1 is 1.25 bits per heavy atom. The van der Waals surface area contributed by atoms with E-state index in [1.807, 2.05) is 51.1 Å². The molecule has 1 unspecified atom stereocenters. The van der Waals surface area contributed by atoms with Gasteiger partial charge in [-0.1, -0.05) is 39.0 Å². The zero-order chi connectivity index (χ0) is 18.0. The lowest BCUT2D eigenvalue weighted by atomic mass is 9.92. The van der Waals surface area contributed by atoms with Gasteiger partial charge in [0.1, 0.15) is 4.90 Å². The largest absolute Gasteiger partial charge is 0.383 e. The Morgan fingerprint density at radius 3 is 2.42 bits per heavy atom. The molecule has 2 aromatic rings. The molecule has 1 aromatic carbocycles. The third kappa shape index (κ3) is 4.23. The van der Waals surface area contributed by atoms with Gasteiger partial charge < -0.3 is 4.74 Å². The smallest absolute Gasteiger partial charge is 0.244 e. The zero-order valence-electron chi connectivity index (χ0n) is 14.8. The molecule has 24 heavy (non-hydrogen) atoms. The highest BCUT2D eigenvalue weighted by Crippen LogP contribution is 2.28. The molecule has 0 amide bonds. The highest BCUT2D eigenvalue weighted by Gasteiger charge is 2.31. The zero-order valence-corrected chi connectivity index (χ0v) is 15.6.